The number of phenolic OH excluding ortho intramolecular Hbond substituents is 1. The number of hydrogen-bond acceptors (Lipinski definition) is 4. The Labute approximate surface area is 117 Å². The number of nitrogens with zero attached hydrogens (tertiary/aromatic N) is 1. The van der Waals surface area contributed by atoms with Gasteiger partial charge in [0.1, 0.15) is 17.3 Å². The predicted molar refractivity (Wildman–Crippen MR) is 79.3 cm³/mol. The fourth-order valence-electron chi connectivity index (χ4n) is 1.63. The Balaban J connectivity index is 2.14. The first-order valence-corrected chi connectivity index (χ1v) is 6.05. The lowest BCUT2D eigenvalue weighted by molar-refractivity contribution is 0.407. The van der Waals surface area contributed by atoms with E-state index >= 15 is 0 Å². The van der Waals surface area contributed by atoms with E-state index in [4.69, 9.17) is 4.74 Å². The van der Waals surface area contributed by atoms with E-state index in [-0.39, 0.29) is 11.5 Å². The van der Waals surface area contributed by atoms with Crippen molar-refractivity contribution in [1.82, 2.24) is 0 Å². The van der Waals surface area contributed by atoms with Crippen molar-refractivity contribution in [2.24, 2.45) is 4.99 Å². The lowest BCUT2D eigenvalue weighted by atomic mass is 10.2. The highest BCUT2D eigenvalue weighted by Gasteiger charge is 2.00. The SMILES string of the molecule is COc1ccc(C=N/C=C(\O)c2ccccc2)c(O)c1. The summed E-state index contributed by atoms with van der Waals surface area (Å²) in [5, 5.41) is 19.6. The quantitative estimate of drug-likeness (QED) is 0.660. The first kappa shape index (κ1) is 13.7. The van der Waals surface area contributed by atoms with Crippen LogP contribution in [-0.2, 0) is 0 Å². The number of aliphatic hydroxyl groups is 1. The van der Waals surface area contributed by atoms with Crippen molar-refractivity contribution in [2.45, 2.75) is 0 Å². The summed E-state index contributed by atoms with van der Waals surface area (Å²) in [5.41, 5.74) is 1.23. The molecule has 4 heteroatoms. The lowest BCUT2D eigenvalue weighted by Crippen LogP contribution is -1.86. The van der Waals surface area contributed by atoms with Crippen LogP contribution >= 0.6 is 0 Å². The minimum atomic E-state index is 0.0647. The van der Waals surface area contributed by atoms with E-state index in [0.717, 1.165) is 0 Å². The molecule has 2 aromatic carbocycles. The summed E-state index contributed by atoms with van der Waals surface area (Å²) in [7, 11) is 1.53. The summed E-state index contributed by atoms with van der Waals surface area (Å²) in [5.74, 6) is 0.706. The van der Waals surface area contributed by atoms with Crippen LogP contribution in [0.2, 0.25) is 0 Å². The zero-order chi connectivity index (χ0) is 14.4. The molecule has 0 aliphatic rings. The van der Waals surface area contributed by atoms with E-state index < -0.39 is 0 Å². The molecule has 102 valence electrons. The molecule has 2 rings (SSSR count). The average Bonchev–Trinajstić information content (AvgIpc) is 2.49. The number of benzene rings is 2. The summed E-state index contributed by atoms with van der Waals surface area (Å²) < 4.78 is 4.99. The van der Waals surface area contributed by atoms with Crippen molar-refractivity contribution in [3.05, 3.63) is 65.9 Å². The van der Waals surface area contributed by atoms with Crippen molar-refractivity contribution in [3.8, 4) is 11.5 Å². The molecule has 0 fully saturated rings. The summed E-state index contributed by atoms with van der Waals surface area (Å²) in [6, 6.07) is 14.0. The fourth-order valence-corrected chi connectivity index (χ4v) is 1.63. The molecule has 0 aromatic heterocycles. The highest BCUT2D eigenvalue weighted by Crippen LogP contribution is 2.22. The van der Waals surface area contributed by atoms with E-state index in [9.17, 15) is 10.2 Å². The van der Waals surface area contributed by atoms with E-state index in [0.29, 0.717) is 16.9 Å². The monoisotopic (exact) mass is 269 g/mol. The van der Waals surface area contributed by atoms with E-state index in [1.54, 1.807) is 24.3 Å². The molecule has 2 N–H and O–H groups in total. The van der Waals surface area contributed by atoms with Crippen LogP contribution in [0.3, 0.4) is 0 Å². The number of hydrogen-bond donors (Lipinski definition) is 2. The maximum Gasteiger partial charge on any atom is 0.141 e. The molecule has 0 bridgehead atoms. The van der Waals surface area contributed by atoms with E-state index in [2.05, 4.69) is 4.99 Å². The van der Waals surface area contributed by atoms with Gasteiger partial charge >= 0.3 is 0 Å². The number of aromatic hydroxyl groups is 1. The minimum absolute atomic E-state index is 0.0647. The molecule has 4 nitrogen and oxygen atoms in total. The maximum atomic E-state index is 9.81. The maximum absolute atomic E-state index is 9.81. The molecule has 2 aromatic rings. The van der Waals surface area contributed by atoms with Crippen LogP contribution in [0.25, 0.3) is 5.76 Å². The smallest absolute Gasteiger partial charge is 0.141 e. The molecule has 0 unspecified atom stereocenters. The molecule has 0 atom stereocenters. The van der Waals surface area contributed by atoms with Gasteiger partial charge in [-0.2, -0.15) is 0 Å². The van der Waals surface area contributed by atoms with Crippen LogP contribution in [0.15, 0.2) is 59.7 Å². The van der Waals surface area contributed by atoms with E-state index in [1.807, 2.05) is 18.2 Å². The summed E-state index contributed by atoms with van der Waals surface area (Å²) >= 11 is 0. The number of rotatable bonds is 4. The van der Waals surface area contributed by atoms with Gasteiger partial charge in [-0.15, -0.1) is 0 Å². The van der Waals surface area contributed by atoms with Crippen molar-refractivity contribution >= 4 is 12.0 Å². The van der Waals surface area contributed by atoms with Gasteiger partial charge in [-0.1, -0.05) is 30.3 Å². The third-order valence-corrected chi connectivity index (χ3v) is 2.72. The van der Waals surface area contributed by atoms with Crippen molar-refractivity contribution in [1.29, 1.82) is 0 Å². The van der Waals surface area contributed by atoms with Gasteiger partial charge < -0.3 is 14.9 Å². The van der Waals surface area contributed by atoms with Crippen molar-refractivity contribution in [2.75, 3.05) is 7.11 Å². The van der Waals surface area contributed by atoms with Gasteiger partial charge in [0, 0.05) is 23.4 Å². The largest absolute Gasteiger partial charge is 0.507 e. The van der Waals surface area contributed by atoms with Gasteiger partial charge in [-0.3, -0.25) is 4.99 Å². The Hall–Kier alpha value is -2.75. The Morgan fingerprint density at radius 2 is 1.90 bits per heavy atom. The van der Waals surface area contributed by atoms with Crippen LogP contribution in [0.5, 0.6) is 11.5 Å². The zero-order valence-corrected chi connectivity index (χ0v) is 11.0. The van der Waals surface area contributed by atoms with Crippen LogP contribution in [0.4, 0.5) is 0 Å². The molecule has 0 spiro atoms. The Morgan fingerprint density at radius 3 is 2.55 bits per heavy atom. The summed E-state index contributed by atoms with van der Waals surface area (Å²) in [4.78, 5) is 4.00. The van der Waals surface area contributed by atoms with Gasteiger partial charge in [0.15, 0.2) is 0 Å². The first-order chi connectivity index (χ1) is 9.70. The molecule has 0 aliphatic carbocycles. The number of aliphatic hydroxyl groups excluding tert-OH is 1. The summed E-state index contributed by atoms with van der Waals surface area (Å²) in [6.45, 7) is 0. The van der Waals surface area contributed by atoms with Crippen LogP contribution in [0.1, 0.15) is 11.1 Å². The molecule has 0 radical (unpaired) electrons. The standard InChI is InChI=1S/C16H15NO3/c1-20-14-8-7-13(15(18)9-14)10-17-11-16(19)12-5-3-2-4-6-12/h2-11,18-19H,1H3/b16-11-,17-10?. The molecule has 0 amide bonds. The first-order valence-electron chi connectivity index (χ1n) is 6.05. The fraction of sp³-hybridized carbons (Fsp3) is 0.0625. The van der Waals surface area contributed by atoms with E-state index in [1.165, 1.54) is 25.6 Å². The van der Waals surface area contributed by atoms with Crippen LogP contribution < -0.4 is 4.74 Å². The molecular formula is C16H15NO3. The molecule has 0 saturated carbocycles. The molecule has 0 saturated heterocycles. The lowest BCUT2D eigenvalue weighted by Gasteiger charge is -2.02. The van der Waals surface area contributed by atoms with Gasteiger partial charge in [-0.05, 0) is 12.1 Å². The summed E-state index contributed by atoms with van der Waals surface area (Å²) in [6.07, 6.45) is 2.80. The second-order valence-corrected chi connectivity index (χ2v) is 4.08. The van der Waals surface area contributed by atoms with Gasteiger partial charge in [-0.25, -0.2) is 0 Å². The third kappa shape index (κ3) is 3.38. The van der Waals surface area contributed by atoms with Crippen molar-refractivity contribution in [3.63, 3.8) is 0 Å². The molecule has 0 aliphatic heterocycles. The van der Waals surface area contributed by atoms with Crippen LogP contribution in [0, 0.1) is 0 Å². The second-order valence-electron chi connectivity index (χ2n) is 4.08. The number of aliphatic imine (C=N–C) groups is 1. The van der Waals surface area contributed by atoms with Crippen LogP contribution in [-0.4, -0.2) is 23.5 Å². The molecular weight excluding hydrogens is 254 g/mol. The van der Waals surface area contributed by atoms with Gasteiger partial charge in [0.2, 0.25) is 0 Å². The highest BCUT2D eigenvalue weighted by atomic mass is 16.5. The Morgan fingerprint density at radius 1 is 1.15 bits per heavy atom. The zero-order valence-electron chi connectivity index (χ0n) is 11.0. The Bertz CT molecular complexity index is 633. The highest BCUT2D eigenvalue weighted by molar-refractivity contribution is 5.84. The number of ether oxygens (including phenoxy) is 1. The second kappa shape index (κ2) is 6.43. The third-order valence-electron chi connectivity index (χ3n) is 2.72. The predicted octanol–water partition coefficient (Wildman–Crippen LogP) is 3.38. The minimum Gasteiger partial charge on any atom is -0.507 e. The molecule has 20 heavy (non-hydrogen) atoms. The number of phenols is 1. The molecule has 0 heterocycles. The van der Waals surface area contributed by atoms with Crippen molar-refractivity contribution < 1.29 is 14.9 Å². The topological polar surface area (TPSA) is 62.0 Å². The normalized spacial score (nSPS) is 11.8. The Kier molecular flexibility index (Phi) is 4.39. The van der Waals surface area contributed by atoms with Gasteiger partial charge in [0.25, 0.3) is 0 Å². The van der Waals surface area contributed by atoms with Gasteiger partial charge in [0.05, 0.1) is 13.3 Å². The average molecular weight is 269 g/mol. The number of methoxy groups -OCH3 is 1.